The molecule has 1 aliphatic heterocycles. The van der Waals surface area contributed by atoms with Crippen LogP contribution >= 0.6 is 0 Å². The number of anilines is 1. The maximum Gasteiger partial charge on any atom is 0.257 e. The van der Waals surface area contributed by atoms with Gasteiger partial charge in [0.25, 0.3) is 5.91 Å². The third-order valence-electron chi connectivity index (χ3n) is 4.89. The molecule has 1 aromatic heterocycles. The van der Waals surface area contributed by atoms with E-state index >= 15 is 0 Å². The first-order valence-electron chi connectivity index (χ1n) is 9.38. The Balaban J connectivity index is 1.56. The number of rotatable bonds is 6. The standard InChI is InChI=1S/C21H26N2O3/c1-2-3-5-16-7-9-19(10-8-16)22-20(24)17-6-4-12-23(14-17)21(25)18-11-13-26-15-18/h7-11,13,15,17H,2-6,12,14H2,1H3,(H,22,24). The predicted octanol–water partition coefficient (Wildman–Crippen LogP) is 4.11. The Kier molecular flexibility index (Phi) is 6.10. The number of carbonyl (C=O) groups excluding carboxylic acids is 2. The van der Waals surface area contributed by atoms with Crippen LogP contribution < -0.4 is 5.32 Å². The lowest BCUT2D eigenvalue weighted by molar-refractivity contribution is -0.121. The molecule has 1 fully saturated rings. The molecule has 2 amide bonds. The molecule has 1 saturated heterocycles. The smallest absolute Gasteiger partial charge is 0.257 e. The van der Waals surface area contributed by atoms with Crippen molar-refractivity contribution in [1.82, 2.24) is 4.90 Å². The Hall–Kier alpha value is -2.56. The van der Waals surface area contributed by atoms with E-state index in [1.165, 1.54) is 30.9 Å². The van der Waals surface area contributed by atoms with Crippen LogP contribution in [0.5, 0.6) is 0 Å². The van der Waals surface area contributed by atoms with Gasteiger partial charge in [0.2, 0.25) is 5.91 Å². The molecular weight excluding hydrogens is 328 g/mol. The Morgan fingerprint density at radius 3 is 2.73 bits per heavy atom. The Morgan fingerprint density at radius 1 is 1.23 bits per heavy atom. The van der Waals surface area contributed by atoms with E-state index in [9.17, 15) is 9.59 Å². The van der Waals surface area contributed by atoms with Gasteiger partial charge in [0.15, 0.2) is 0 Å². The zero-order chi connectivity index (χ0) is 18.4. The summed E-state index contributed by atoms with van der Waals surface area (Å²) >= 11 is 0. The highest BCUT2D eigenvalue weighted by atomic mass is 16.3. The van der Waals surface area contributed by atoms with Crippen molar-refractivity contribution >= 4 is 17.5 Å². The third-order valence-corrected chi connectivity index (χ3v) is 4.89. The zero-order valence-corrected chi connectivity index (χ0v) is 15.2. The van der Waals surface area contributed by atoms with Crippen molar-refractivity contribution in [2.45, 2.75) is 39.0 Å². The second-order valence-corrected chi connectivity index (χ2v) is 6.89. The van der Waals surface area contributed by atoms with E-state index in [0.29, 0.717) is 18.7 Å². The molecule has 0 radical (unpaired) electrons. The molecule has 0 saturated carbocycles. The van der Waals surface area contributed by atoms with Gasteiger partial charge in [-0.25, -0.2) is 0 Å². The number of furan rings is 1. The van der Waals surface area contributed by atoms with Gasteiger partial charge in [0, 0.05) is 18.8 Å². The highest BCUT2D eigenvalue weighted by Gasteiger charge is 2.29. The lowest BCUT2D eigenvalue weighted by Crippen LogP contribution is -2.43. The molecule has 26 heavy (non-hydrogen) atoms. The number of nitrogens with one attached hydrogen (secondary N) is 1. The van der Waals surface area contributed by atoms with Crippen molar-refractivity contribution in [3.8, 4) is 0 Å². The third kappa shape index (κ3) is 4.54. The summed E-state index contributed by atoms with van der Waals surface area (Å²) in [6.07, 6.45) is 7.99. The monoisotopic (exact) mass is 354 g/mol. The summed E-state index contributed by atoms with van der Waals surface area (Å²) in [5, 5.41) is 2.99. The van der Waals surface area contributed by atoms with Gasteiger partial charge >= 0.3 is 0 Å². The van der Waals surface area contributed by atoms with E-state index in [-0.39, 0.29) is 17.7 Å². The molecular formula is C21H26N2O3. The van der Waals surface area contributed by atoms with E-state index in [4.69, 9.17) is 4.42 Å². The summed E-state index contributed by atoms with van der Waals surface area (Å²) in [5.41, 5.74) is 2.64. The Morgan fingerprint density at radius 2 is 2.04 bits per heavy atom. The molecule has 5 heteroatoms. The first-order chi connectivity index (χ1) is 12.7. The summed E-state index contributed by atoms with van der Waals surface area (Å²) in [5.74, 6) is -0.271. The number of aryl methyl sites for hydroxylation is 1. The van der Waals surface area contributed by atoms with Gasteiger partial charge in [0.1, 0.15) is 6.26 Å². The molecule has 138 valence electrons. The van der Waals surface area contributed by atoms with Crippen LogP contribution in [0.3, 0.4) is 0 Å². The van der Waals surface area contributed by atoms with Crippen LogP contribution in [0.1, 0.15) is 48.5 Å². The average molecular weight is 354 g/mol. The van der Waals surface area contributed by atoms with Crippen LogP contribution in [-0.2, 0) is 11.2 Å². The summed E-state index contributed by atoms with van der Waals surface area (Å²) in [7, 11) is 0. The van der Waals surface area contributed by atoms with Crippen LogP contribution in [0.15, 0.2) is 47.3 Å². The van der Waals surface area contributed by atoms with Crippen molar-refractivity contribution in [3.63, 3.8) is 0 Å². The molecule has 1 unspecified atom stereocenters. The normalized spacial score (nSPS) is 17.1. The van der Waals surface area contributed by atoms with Crippen molar-refractivity contribution in [2.75, 3.05) is 18.4 Å². The SMILES string of the molecule is CCCCc1ccc(NC(=O)C2CCCN(C(=O)c3ccoc3)C2)cc1. The van der Waals surface area contributed by atoms with Crippen molar-refractivity contribution in [1.29, 1.82) is 0 Å². The van der Waals surface area contributed by atoms with Crippen molar-refractivity contribution in [3.05, 3.63) is 54.0 Å². The van der Waals surface area contributed by atoms with E-state index < -0.39 is 0 Å². The topological polar surface area (TPSA) is 62.6 Å². The maximum absolute atomic E-state index is 12.6. The lowest BCUT2D eigenvalue weighted by atomic mass is 9.96. The van der Waals surface area contributed by atoms with Crippen LogP contribution in [0.2, 0.25) is 0 Å². The minimum atomic E-state index is -0.181. The molecule has 1 N–H and O–H groups in total. The number of hydrogen-bond donors (Lipinski definition) is 1. The summed E-state index contributed by atoms with van der Waals surface area (Å²) < 4.78 is 4.99. The van der Waals surface area contributed by atoms with E-state index in [1.807, 2.05) is 12.1 Å². The lowest BCUT2D eigenvalue weighted by Gasteiger charge is -2.31. The number of carbonyl (C=O) groups is 2. The zero-order valence-electron chi connectivity index (χ0n) is 15.2. The van der Waals surface area contributed by atoms with E-state index in [2.05, 4.69) is 24.4 Å². The van der Waals surface area contributed by atoms with Gasteiger partial charge in [-0.3, -0.25) is 9.59 Å². The first kappa shape index (κ1) is 18.2. The second-order valence-electron chi connectivity index (χ2n) is 6.89. The molecule has 1 aliphatic rings. The van der Waals surface area contributed by atoms with Crippen molar-refractivity contribution in [2.24, 2.45) is 5.92 Å². The number of hydrogen-bond acceptors (Lipinski definition) is 3. The Bertz CT molecular complexity index is 722. The first-order valence-corrected chi connectivity index (χ1v) is 9.38. The fourth-order valence-electron chi connectivity index (χ4n) is 3.32. The van der Waals surface area contributed by atoms with E-state index in [1.54, 1.807) is 11.0 Å². The molecule has 3 rings (SSSR count). The highest BCUT2D eigenvalue weighted by Crippen LogP contribution is 2.21. The molecule has 2 heterocycles. The molecule has 0 aliphatic carbocycles. The quantitative estimate of drug-likeness (QED) is 0.849. The summed E-state index contributed by atoms with van der Waals surface area (Å²) in [6.45, 7) is 3.31. The number of nitrogens with zero attached hydrogens (tertiary/aromatic N) is 1. The van der Waals surface area contributed by atoms with Crippen LogP contribution in [-0.4, -0.2) is 29.8 Å². The van der Waals surface area contributed by atoms with Gasteiger partial charge in [-0.15, -0.1) is 0 Å². The highest BCUT2D eigenvalue weighted by molar-refractivity contribution is 5.96. The van der Waals surface area contributed by atoms with Crippen LogP contribution in [0.25, 0.3) is 0 Å². The van der Waals surface area contributed by atoms with Gasteiger partial charge in [0.05, 0.1) is 17.7 Å². The molecule has 0 spiro atoms. The Labute approximate surface area is 154 Å². The van der Waals surface area contributed by atoms with Crippen LogP contribution in [0, 0.1) is 5.92 Å². The van der Waals surface area contributed by atoms with Gasteiger partial charge < -0.3 is 14.6 Å². The summed E-state index contributed by atoms with van der Waals surface area (Å²) in [4.78, 5) is 26.8. The van der Waals surface area contributed by atoms with Gasteiger partial charge in [-0.1, -0.05) is 25.5 Å². The van der Waals surface area contributed by atoms with Gasteiger partial charge in [-0.2, -0.15) is 0 Å². The molecule has 2 aromatic rings. The number of piperidine rings is 1. The molecule has 5 nitrogen and oxygen atoms in total. The largest absolute Gasteiger partial charge is 0.472 e. The minimum Gasteiger partial charge on any atom is -0.472 e. The predicted molar refractivity (Wildman–Crippen MR) is 101 cm³/mol. The number of amides is 2. The molecule has 1 atom stereocenters. The average Bonchev–Trinajstić information content (AvgIpc) is 3.21. The van der Waals surface area contributed by atoms with Crippen LogP contribution in [0.4, 0.5) is 5.69 Å². The molecule has 1 aromatic carbocycles. The number of benzene rings is 1. The fraction of sp³-hybridized carbons (Fsp3) is 0.429. The van der Waals surface area contributed by atoms with Gasteiger partial charge in [-0.05, 0) is 49.4 Å². The fourth-order valence-corrected chi connectivity index (χ4v) is 3.32. The second kappa shape index (κ2) is 8.70. The number of unbranched alkanes of at least 4 members (excludes halogenated alkanes) is 1. The van der Waals surface area contributed by atoms with Crippen molar-refractivity contribution < 1.29 is 14.0 Å². The van der Waals surface area contributed by atoms with E-state index in [0.717, 1.165) is 24.9 Å². The number of likely N-dealkylation sites (tertiary alicyclic amines) is 1. The molecule has 0 bridgehead atoms. The maximum atomic E-state index is 12.6. The minimum absolute atomic E-state index is 0.0176. The summed E-state index contributed by atoms with van der Waals surface area (Å²) in [6, 6.07) is 9.72.